The summed E-state index contributed by atoms with van der Waals surface area (Å²) in [6.45, 7) is 8.86. The van der Waals surface area contributed by atoms with E-state index in [1.165, 1.54) is 0 Å². The third kappa shape index (κ3) is 5.55. The number of amides is 1. The van der Waals surface area contributed by atoms with Crippen LogP contribution in [0.5, 0.6) is 0 Å². The zero-order valence-electron chi connectivity index (χ0n) is 16.8. The van der Waals surface area contributed by atoms with Crippen molar-refractivity contribution in [1.82, 2.24) is 19.8 Å². The Bertz CT molecular complexity index is 673. The van der Waals surface area contributed by atoms with Crippen LogP contribution in [0.4, 0.5) is 11.8 Å². The maximum Gasteiger partial charge on any atom is 0.224 e. The molecule has 0 atom stereocenters. The summed E-state index contributed by atoms with van der Waals surface area (Å²) in [5.74, 6) is 2.38. The number of piperazine rings is 1. The Labute approximate surface area is 167 Å². The predicted molar refractivity (Wildman–Crippen MR) is 109 cm³/mol. The van der Waals surface area contributed by atoms with Gasteiger partial charge >= 0.3 is 0 Å². The van der Waals surface area contributed by atoms with Crippen molar-refractivity contribution in [3.05, 3.63) is 12.3 Å². The van der Waals surface area contributed by atoms with E-state index < -0.39 is 0 Å². The number of nitriles is 1. The van der Waals surface area contributed by atoms with Crippen molar-refractivity contribution in [2.45, 2.75) is 32.6 Å². The predicted octanol–water partition coefficient (Wildman–Crippen LogP) is 1.57. The van der Waals surface area contributed by atoms with Gasteiger partial charge in [-0.3, -0.25) is 9.69 Å². The van der Waals surface area contributed by atoms with Crippen molar-refractivity contribution in [2.75, 3.05) is 62.6 Å². The molecule has 8 heteroatoms. The molecule has 2 aliphatic rings. The second-order valence-electron chi connectivity index (χ2n) is 7.53. The van der Waals surface area contributed by atoms with Crippen LogP contribution >= 0.6 is 0 Å². The summed E-state index contributed by atoms with van der Waals surface area (Å²) in [6.07, 6.45) is 5.06. The zero-order valence-corrected chi connectivity index (χ0v) is 16.8. The number of nitrogens with zero attached hydrogens (tertiary/aromatic N) is 6. The average molecular weight is 386 g/mol. The number of rotatable bonds is 7. The highest BCUT2D eigenvalue weighted by atomic mass is 16.2. The van der Waals surface area contributed by atoms with Crippen LogP contribution in [0.15, 0.2) is 12.3 Å². The van der Waals surface area contributed by atoms with E-state index in [9.17, 15) is 4.79 Å². The molecule has 0 aliphatic carbocycles. The number of aromatic nitrogens is 2. The Morgan fingerprint density at radius 3 is 2.68 bits per heavy atom. The molecule has 2 aliphatic heterocycles. The molecular weight excluding hydrogens is 354 g/mol. The molecule has 2 saturated heterocycles. The van der Waals surface area contributed by atoms with Crippen molar-refractivity contribution >= 4 is 17.7 Å². The van der Waals surface area contributed by atoms with Gasteiger partial charge in [0.05, 0.1) is 6.07 Å². The van der Waals surface area contributed by atoms with E-state index in [2.05, 4.69) is 31.2 Å². The fourth-order valence-corrected chi connectivity index (χ4v) is 3.94. The first-order valence-electron chi connectivity index (χ1n) is 10.4. The molecule has 1 aromatic heterocycles. The largest absolute Gasteiger partial charge is 0.356 e. The van der Waals surface area contributed by atoms with Gasteiger partial charge in [-0.15, -0.1) is 0 Å². The number of hydrogen-bond donors (Lipinski definition) is 1. The lowest BCUT2D eigenvalue weighted by Gasteiger charge is -2.36. The molecule has 2 fully saturated rings. The Kier molecular flexibility index (Phi) is 7.43. The van der Waals surface area contributed by atoms with E-state index in [4.69, 9.17) is 5.26 Å². The molecule has 0 radical (unpaired) electrons. The summed E-state index contributed by atoms with van der Waals surface area (Å²) in [4.78, 5) is 28.0. The molecule has 8 nitrogen and oxygen atoms in total. The number of carbonyl (C=O) groups is 1. The fourth-order valence-electron chi connectivity index (χ4n) is 3.94. The third-order valence-electron chi connectivity index (χ3n) is 5.64. The summed E-state index contributed by atoms with van der Waals surface area (Å²) in [7, 11) is 0. The molecule has 0 bridgehead atoms. The van der Waals surface area contributed by atoms with E-state index >= 15 is 0 Å². The van der Waals surface area contributed by atoms with Crippen LogP contribution in [-0.2, 0) is 4.79 Å². The molecule has 28 heavy (non-hydrogen) atoms. The van der Waals surface area contributed by atoms with Gasteiger partial charge in [0.2, 0.25) is 11.9 Å². The first-order chi connectivity index (χ1) is 13.7. The molecule has 3 heterocycles. The van der Waals surface area contributed by atoms with Crippen LogP contribution in [0.1, 0.15) is 32.6 Å². The second kappa shape index (κ2) is 10.2. The van der Waals surface area contributed by atoms with Crippen molar-refractivity contribution in [2.24, 2.45) is 5.92 Å². The number of anilines is 2. The Morgan fingerprint density at radius 1 is 1.25 bits per heavy atom. The van der Waals surface area contributed by atoms with Crippen molar-refractivity contribution in [3.63, 3.8) is 0 Å². The van der Waals surface area contributed by atoms with Crippen molar-refractivity contribution in [3.8, 4) is 6.07 Å². The van der Waals surface area contributed by atoms with Gasteiger partial charge < -0.3 is 15.1 Å². The van der Waals surface area contributed by atoms with Gasteiger partial charge in [-0.2, -0.15) is 10.2 Å². The molecule has 0 spiro atoms. The number of nitrogens with one attached hydrogen (secondary N) is 1. The Hall–Kier alpha value is -2.40. The Morgan fingerprint density at radius 2 is 2.00 bits per heavy atom. The van der Waals surface area contributed by atoms with Gasteiger partial charge in [-0.05, 0) is 31.7 Å². The lowest BCUT2D eigenvalue weighted by molar-refractivity contribution is -0.134. The lowest BCUT2D eigenvalue weighted by atomic mass is 9.93. The smallest absolute Gasteiger partial charge is 0.224 e. The normalized spacial score (nSPS) is 18.7. The Balaban J connectivity index is 1.41. The quantitative estimate of drug-likeness (QED) is 0.762. The minimum absolute atomic E-state index is 0.287. The lowest BCUT2D eigenvalue weighted by Crippen LogP contribution is -2.49. The molecule has 1 aromatic rings. The van der Waals surface area contributed by atoms with E-state index in [-0.39, 0.29) is 5.91 Å². The molecule has 0 aromatic carbocycles. The number of piperidine rings is 1. The van der Waals surface area contributed by atoms with Crippen molar-refractivity contribution in [1.29, 1.82) is 5.26 Å². The highest BCUT2D eigenvalue weighted by molar-refractivity contribution is 5.76. The molecule has 3 rings (SSSR count). The highest BCUT2D eigenvalue weighted by Crippen LogP contribution is 2.25. The monoisotopic (exact) mass is 385 g/mol. The van der Waals surface area contributed by atoms with Crippen LogP contribution in [0.25, 0.3) is 0 Å². The van der Waals surface area contributed by atoms with Crippen LogP contribution in [0.2, 0.25) is 0 Å². The van der Waals surface area contributed by atoms with Crippen LogP contribution < -0.4 is 10.2 Å². The molecular formula is C20H31N7O. The number of hydrogen-bond acceptors (Lipinski definition) is 7. The van der Waals surface area contributed by atoms with E-state index in [0.29, 0.717) is 24.7 Å². The summed E-state index contributed by atoms with van der Waals surface area (Å²) in [5, 5.41) is 11.8. The van der Waals surface area contributed by atoms with Gasteiger partial charge in [-0.25, -0.2) is 4.98 Å². The van der Waals surface area contributed by atoms with Gasteiger partial charge in [0.15, 0.2) is 0 Å². The van der Waals surface area contributed by atoms with E-state index in [0.717, 1.165) is 71.0 Å². The summed E-state index contributed by atoms with van der Waals surface area (Å²) in [6, 6.07) is 4.15. The standard InChI is InChI=1S/C20H31N7O/c1-2-22-20-23-8-4-18(24-20)26-10-5-17(6-11-26)16-19(28)27-14-12-25(13-15-27)9-3-7-21/h4,8,17H,2-3,5-6,9-16H2,1H3,(H,22,23,24). The van der Waals surface area contributed by atoms with Crippen LogP contribution in [0.3, 0.4) is 0 Å². The average Bonchev–Trinajstić information content (AvgIpc) is 2.73. The molecule has 1 amide bonds. The maximum atomic E-state index is 12.7. The van der Waals surface area contributed by atoms with Crippen LogP contribution in [0, 0.1) is 17.2 Å². The van der Waals surface area contributed by atoms with Gasteiger partial charge in [0.25, 0.3) is 0 Å². The minimum Gasteiger partial charge on any atom is -0.356 e. The van der Waals surface area contributed by atoms with E-state index in [1.807, 2.05) is 17.9 Å². The summed E-state index contributed by atoms with van der Waals surface area (Å²) < 4.78 is 0. The van der Waals surface area contributed by atoms with Gasteiger partial charge in [-0.1, -0.05) is 0 Å². The molecule has 0 unspecified atom stereocenters. The van der Waals surface area contributed by atoms with Gasteiger partial charge in [0.1, 0.15) is 5.82 Å². The van der Waals surface area contributed by atoms with E-state index in [1.54, 1.807) is 6.20 Å². The zero-order chi connectivity index (χ0) is 19.8. The van der Waals surface area contributed by atoms with Crippen molar-refractivity contribution < 1.29 is 4.79 Å². The fraction of sp³-hybridized carbons (Fsp3) is 0.700. The first-order valence-corrected chi connectivity index (χ1v) is 10.4. The molecule has 152 valence electrons. The first kappa shape index (κ1) is 20.3. The topological polar surface area (TPSA) is 88.4 Å². The van der Waals surface area contributed by atoms with Crippen LogP contribution in [-0.4, -0.2) is 78.0 Å². The summed E-state index contributed by atoms with van der Waals surface area (Å²) >= 11 is 0. The highest BCUT2D eigenvalue weighted by Gasteiger charge is 2.26. The van der Waals surface area contributed by atoms with Gasteiger partial charge in [0, 0.05) is 71.4 Å². The summed E-state index contributed by atoms with van der Waals surface area (Å²) in [5.41, 5.74) is 0. The maximum absolute atomic E-state index is 12.7. The number of carbonyl (C=O) groups excluding carboxylic acids is 1. The SMILES string of the molecule is CCNc1nccc(N2CCC(CC(=O)N3CCN(CCC#N)CC3)CC2)n1. The second-order valence-corrected chi connectivity index (χ2v) is 7.53. The third-order valence-corrected chi connectivity index (χ3v) is 5.64. The molecule has 0 saturated carbocycles. The molecule has 1 N–H and O–H groups in total. The minimum atomic E-state index is 0.287.